The molecule has 1 saturated carbocycles. The van der Waals surface area contributed by atoms with Crippen LogP contribution < -0.4 is 10.6 Å². The van der Waals surface area contributed by atoms with Gasteiger partial charge in [-0.1, -0.05) is 18.5 Å². The molecule has 6 nitrogen and oxygen atoms in total. The molecule has 2 N–H and O–H groups in total. The van der Waals surface area contributed by atoms with Crippen LogP contribution >= 0.6 is 0 Å². The van der Waals surface area contributed by atoms with Gasteiger partial charge in [-0.2, -0.15) is 0 Å². The Balaban J connectivity index is 1.97. The van der Waals surface area contributed by atoms with Crippen molar-refractivity contribution in [1.29, 1.82) is 0 Å². The van der Waals surface area contributed by atoms with E-state index in [1.165, 1.54) is 0 Å². The molecule has 124 valence electrons. The lowest BCUT2D eigenvalue weighted by Gasteiger charge is -2.12. The summed E-state index contributed by atoms with van der Waals surface area (Å²) in [5, 5.41) is 11.0. The molecule has 0 bridgehead atoms. The number of nitrogens with one attached hydrogen (secondary N) is 2. The van der Waals surface area contributed by atoms with Gasteiger partial charge in [-0.15, -0.1) is 0 Å². The fourth-order valence-corrected chi connectivity index (χ4v) is 2.65. The van der Waals surface area contributed by atoms with Crippen LogP contribution in [0.25, 0.3) is 11.1 Å². The molecule has 2 aromatic rings. The molecule has 3 rings (SSSR count). The second kappa shape index (κ2) is 6.66. The van der Waals surface area contributed by atoms with E-state index in [4.69, 9.17) is 4.52 Å². The predicted octanol–water partition coefficient (Wildman–Crippen LogP) is 2.39. The maximum Gasteiger partial charge on any atom is 0.259 e. The summed E-state index contributed by atoms with van der Waals surface area (Å²) in [5.74, 6) is 0.379. The largest absolute Gasteiger partial charge is 0.350 e. The summed E-state index contributed by atoms with van der Waals surface area (Å²) in [7, 11) is 1.88. The fourth-order valence-electron chi connectivity index (χ4n) is 2.65. The van der Waals surface area contributed by atoms with Gasteiger partial charge in [-0.3, -0.25) is 4.79 Å². The molecule has 2 heterocycles. The maximum atomic E-state index is 12.7. The van der Waals surface area contributed by atoms with E-state index in [0.29, 0.717) is 23.7 Å². The van der Waals surface area contributed by atoms with Crippen LogP contribution in [0.1, 0.15) is 60.8 Å². The maximum absolute atomic E-state index is 12.7. The number of aryl methyl sites for hydroxylation is 1. The number of carbonyl (C=O) groups is 1. The lowest BCUT2D eigenvalue weighted by atomic mass is 10.0. The van der Waals surface area contributed by atoms with Gasteiger partial charge in [0.05, 0.1) is 16.6 Å². The summed E-state index contributed by atoms with van der Waals surface area (Å²) >= 11 is 0. The van der Waals surface area contributed by atoms with Gasteiger partial charge >= 0.3 is 0 Å². The molecular weight excluding hydrogens is 292 g/mol. The first kappa shape index (κ1) is 15.9. The molecule has 23 heavy (non-hydrogen) atoms. The molecule has 0 spiro atoms. The van der Waals surface area contributed by atoms with Crippen molar-refractivity contribution in [3.63, 3.8) is 0 Å². The molecule has 0 aromatic carbocycles. The van der Waals surface area contributed by atoms with E-state index in [0.717, 1.165) is 42.5 Å². The van der Waals surface area contributed by atoms with Crippen LogP contribution in [0.3, 0.4) is 0 Å². The minimum atomic E-state index is -0.0815. The molecule has 0 radical (unpaired) electrons. The van der Waals surface area contributed by atoms with Gasteiger partial charge in [0.25, 0.3) is 11.6 Å². The van der Waals surface area contributed by atoms with E-state index in [-0.39, 0.29) is 11.9 Å². The average Bonchev–Trinajstić information content (AvgIpc) is 3.34. The predicted molar refractivity (Wildman–Crippen MR) is 88.6 cm³/mol. The first-order chi connectivity index (χ1) is 11.1. The summed E-state index contributed by atoms with van der Waals surface area (Å²) in [4.78, 5) is 17.3. The number of aromatic nitrogens is 2. The number of carbonyl (C=O) groups excluding carboxylic acids is 1. The minimum absolute atomic E-state index is 0.0815. The fraction of sp³-hybridized carbons (Fsp3) is 0.588. The summed E-state index contributed by atoms with van der Waals surface area (Å²) in [6, 6.07) is 2.15. The highest BCUT2D eigenvalue weighted by Crippen LogP contribution is 2.40. The number of fused-ring (bicyclic) bond motifs is 1. The number of pyridine rings is 1. The lowest BCUT2D eigenvalue weighted by molar-refractivity contribution is 0.0952. The summed E-state index contributed by atoms with van der Waals surface area (Å²) in [6.45, 7) is 4.69. The van der Waals surface area contributed by atoms with Crippen LogP contribution in [0, 0.1) is 0 Å². The average molecular weight is 316 g/mol. The van der Waals surface area contributed by atoms with Crippen molar-refractivity contribution in [2.75, 3.05) is 13.6 Å². The smallest absolute Gasteiger partial charge is 0.259 e. The second-order valence-corrected chi connectivity index (χ2v) is 6.33. The molecule has 2 aromatic heterocycles. The van der Waals surface area contributed by atoms with Crippen LogP contribution in [-0.2, 0) is 6.42 Å². The number of nitrogens with zero attached hydrogens (tertiary/aromatic N) is 2. The van der Waals surface area contributed by atoms with E-state index in [9.17, 15) is 4.79 Å². The van der Waals surface area contributed by atoms with Crippen LogP contribution in [0.2, 0.25) is 0 Å². The van der Waals surface area contributed by atoms with Gasteiger partial charge < -0.3 is 15.2 Å². The highest BCUT2D eigenvalue weighted by Gasteiger charge is 2.29. The van der Waals surface area contributed by atoms with Crippen molar-refractivity contribution >= 4 is 17.0 Å². The van der Waals surface area contributed by atoms with Gasteiger partial charge in [0, 0.05) is 24.2 Å². The number of likely N-dealkylation sites (N-methyl/N-ethyl adjacent to an activating group) is 1. The molecule has 0 aliphatic heterocycles. The van der Waals surface area contributed by atoms with Gasteiger partial charge in [0.15, 0.2) is 0 Å². The standard InChI is InChI=1S/C17H24N4O2/c1-4-5-13-15-12(16(22)19-9-10(2)18-3)8-14(11-6-7-11)20-17(15)23-21-13/h8,10-11,18H,4-7,9H2,1-3H3,(H,19,22). The zero-order valence-electron chi connectivity index (χ0n) is 14.0. The van der Waals surface area contributed by atoms with E-state index >= 15 is 0 Å². The monoisotopic (exact) mass is 316 g/mol. The Kier molecular flexibility index (Phi) is 4.61. The van der Waals surface area contributed by atoms with Crippen LogP contribution in [0.15, 0.2) is 10.6 Å². The first-order valence-electron chi connectivity index (χ1n) is 8.38. The van der Waals surface area contributed by atoms with Crippen LogP contribution in [0.5, 0.6) is 0 Å². The zero-order valence-corrected chi connectivity index (χ0v) is 14.0. The van der Waals surface area contributed by atoms with Crippen molar-refractivity contribution in [1.82, 2.24) is 20.8 Å². The van der Waals surface area contributed by atoms with Crippen molar-refractivity contribution < 1.29 is 9.32 Å². The highest BCUT2D eigenvalue weighted by atomic mass is 16.5. The van der Waals surface area contributed by atoms with Crippen molar-refractivity contribution in [3.05, 3.63) is 23.0 Å². The Morgan fingerprint density at radius 2 is 2.26 bits per heavy atom. The lowest BCUT2D eigenvalue weighted by Crippen LogP contribution is -2.37. The van der Waals surface area contributed by atoms with Crippen molar-refractivity contribution in [3.8, 4) is 0 Å². The Hall–Kier alpha value is -1.95. The van der Waals surface area contributed by atoms with Gasteiger partial charge in [0.2, 0.25) is 0 Å². The Morgan fingerprint density at radius 3 is 2.91 bits per heavy atom. The second-order valence-electron chi connectivity index (χ2n) is 6.33. The third-order valence-electron chi connectivity index (χ3n) is 4.33. The van der Waals surface area contributed by atoms with E-state index in [1.807, 2.05) is 20.0 Å². The quantitative estimate of drug-likeness (QED) is 0.820. The molecule has 1 atom stereocenters. The van der Waals surface area contributed by atoms with Gasteiger partial charge in [0.1, 0.15) is 0 Å². The number of hydrogen-bond acceptors (Lipinski definition) is 5. The molecule has 1 aliphatic carbocycles. The summed E-state index contributed by atoms with van der Waals surface area (Å²) in [6.07, 6.45) is 3.99. The molecule has 1 fully saturated rings. The number of rotatable bonds is 7. The van der Waals surface area contributed by atoms with E-state index in [2.05, 4.69) is 27.7 Å². The zero-order chi connectivity index (χ0) is 16.4. The summed E-state index contributed by atoms with van der Waals surface area (Å²) < 4.78 is 5.40. The van der Waals surface area contributed by atoms with Crippen molar-refractivity contribution in [2.45, 2.75) is 51.5 Å². The van der Waals surface area contributed by atoms with Gasteiger partial charge in [-0.25, -0.2) is 4.98 Å². The van der Waals surface area contributed by atoms with Gasteiger partial charge in [-0.05, 0) is 39.3 Å². The molecule has 0 saturated heterocycles. The number of amides is 1. The van der Waals surface area contributed by atoms with Crippen molar-refractivity contribution in [2.24, 2.45) is 0 Å². The Labute approximate surface area is 136 Å². The Morgan fingerprint density at radius 1 is 1.48 bits per heavy atom. The first-order valence-corrected chi connectivity index (χ1v) is 8.38. The normalized spacial score (nSPS) is 15.8. The molecule has 1 aliphatic rings. The Bertz CT molecular complexity index is 706. The molecule has 1 unspecified atom stereocenters. The van der Waals surface area contributed by atoms with E-state index in [1.54, 1.807) is 0 Å². The highest BCUT2D eigenvalue weighted by molar-refractivity contribution is 6.06. The molecule has 6 heteroatoms. The summed E-state index contributed by atoms with van der Waals surface area (Å²) in [5.41, 5.74) is 2.90. The number of hydrogen-bond donors (Lipinski definition) is 2. The SMILES string of the molecule is CCCc1noc2nc(C3CC3)cc(C(=O)NCC(C)NC)c12. The third kappa shape index (κ3) is 3.37. The minimum Gasteiger partial charge on any atom is -0.350 e. The van der Waals surface area contributed by atoms with E-state index < -0.39 is 0 Å². The molecule has 1 amide bonds. The van der Waals surface area contributed by atoms with Crippen LogP contribution in [-0.4, -0.2) is 35.7 Å². The topological polar surface area (TPSA) is 80.0 Å². The molecular formula is C17H24N4O2. The third-order valence-corrected chi connectivity index (χ3v) is 4.33. The van der Waals surface area contributed by atoms with Crippen LogP contribution in [0.4, 0.5) is 0 Å².